The standard InChI is InChI=1S/C9H10ClN3O3/c1-5(9(11)12)16-8-4-6(10)2-3-7(8)13(14)15/h2-5H,1H3,(H3,11,12). The van der Waals surface area contributed by atoms with Crippen molar-refractivity contribution in [2.75, 3.05) is 0 Å². The van der Waals surface area contributed by atoms with Crippen molar-refractivity contribution in [2.24, 2.45) is 5.73 Å². The van der Waals surface area contributed by atoms with E-state index in [-0.39, 0.29) is 17.3 Å². The number of nitrogens with one attached hydrogen (secondary N) is 1. The number of ether oxygens (including phenoxy) is 1. The molecule has 16 heavy (non-hydrogen) atoms. The summed E-state index contributed by atoms with van der Waals surface area (Å²) in [6.07, 6.45) is -0.739. The minimum absolute atomic E-state index is 0.000185. The molecule has 0 heterocycles. The molecule has 6 nitrogen and oxygen atoms in total. The number of nitrogens with two attached hydrogens (primary N) is 1. The first kappa shape index (κ1) is 12.3. The maximum Gasteiger partial charge on any atom is 0.311 e. The molecule has 7 heteroatoms. The van der Waals surface area contributed by atoms with E-state index in [9.17, 15) is 10.1 Å². The van der Waals surface area contributed by atoms with Crippen LogP contribution in [0.5, 0.6) is 5.75 Å². The van der Waals surface area contributed by atoms with Crippen molar-refractivity contribution in [1.82, 2.24) is 0 Å². The molecule has 1 unspecified atom stereocenters. The first-order valence-electron chi connectivity index (χ1n) is 4.36. The van der Waals surface area contributed by atoms with Gasteiger partial charge < -0.3 is 10.5 Å². The Hall–Kier alpha value is -1.82. The van der Waals surface area contributed by atoms with E-state index >= 15 is 0 Å². The van der Waals surface area contributed by atoms with Gasteiger partial charge in [0.1, 0.15) is 5.84 Å². The van der Waals surface area contributed by atoms with Crippen molar-refractivity contribution in [2.45, 2.75) is 13.0 Å². The number of amidine groups is 1. The fraction of sp³-hybridized carbons (Fsp3) is 0.222. The number of nitrogens with zero attached hydrogens (tertiary/aromatic N) is 1. The highest BCUT2D eigenvalue weighted by atomic mass is 35.5. The van der Waals surface area contributed by atoms with Gasteiger partial charge in [-0.3, -0.25) is 15.5 Å². The molecule has 0 aliphatic rings. The Balaban J connectivity index is 3.05. The molecule has 0 aromatic heterocycles. The van der Waals surface area contributed by atoms with Crippen LogP contribution in [-0.2, 0) is 0 Å². The zero-order valence-corrected chi connectivity index (χ0v) is 9.19. The summed E-state index contributed by atoms with van der Waals surface area (Å²) in [5.41, 5.74) is 4.99. The van der Waals surface area contributed by atoms with Gasteiger partial charge in [-0.15, -0.1) is 0 Å². The summed E-state index contributed by atoms with van der Waals surface area (Å²) in [4.78, 5) is 10.1. The molecule has 0 spiro atoms. The fourth-order valence-corrected chi connectivity index (χ4v) is 1.15. The second kappa shape index (κ2) is 4.80. The lowest BCUT2D eigenvalue weighted by Gasteiger charge is -2.12. The Kier molecular flexibility index (Phi) is 3.68. The largest absolute Gasteiger partial charge is 0.476 e. The maximum atomic E-state index is 10.7. The van der Waals surface area contributed by atoms with E-state index in [0.29, 0.717) is 5.02 Å². The van der Waals surface area contributed by atoms with Crippen LogP contribution in [0.15, 0.2) is 18.2 Å². The van der Waals surface area contributed by atoms with E-state index in [0.717, 1.165) is 0 Å². The molecular formula is C9H10ClN3O3. The summed E-state index contributed by atoms with van der Waals surface area (Å²) in [6, 6.07) is 3.95. The molecule has 0 fully saturated rings. The number of nitro benzene ring substituents is 1. The van der Waals surface area contributed by atoms with Gasteiger partial charge in [-0.2, -0.15) is 0 Å². The lowest BCUT2D eigenvalue weighted by atomic mass is 10.3. The monoisotopic (exact) mass is 243 g/mol. The van der Waals surface area contributed by atoms with Gasteiger partial charge in [0.15, 0.2) is 11.9 Å². The van der Waals surface area contributed by atoms with Crippen LogP contribution < -0.4 is 10.5 Å². The molecular weight excluding hydrogens is 234 g/mol. The van der Waals surface area contributed by atoms with Crippen LogP contribution in [0.4, 0.5) is 5.69 Å². The third-order valence-electron chi connectivity index (χ3n) is 1.86. The zero-order chi connectivity index (χ0) is 12.3. The topological polar surface area (TPSA) is 102 Å². The summed E-state index contributed by atoms with van der Waals surface area (Å²) in [5, 5.41) is 18.1. The lowest BCUT2D eigenvalue weighted by Crippen LogP contribution is -2.30. The van der Waals surface area contributed by atoms with Gasteiger partial charge >= 0.3 is 5.69 Å². The van der Waals surface area contributed by atoms with Gasteiger partial charge in [0.2, 0.25) is 0 Å². The minimum atomic E-state index is -0.739. The zero-order valence-electron chi connectivity index (χ0n) is 8.44. The van der Waals surface area contributed by atoms with E-state index < -0.39 is 11.0 Å². The molecule has 86 valence electrons. The van der Waals surface area contributed by atoms with Crippen LogP contribution >= 0.6 is 11.6 Å². The Labute approximate surface area is 96.6 Å². The van der Waals surface area contributed by atoms with Gasteiger partial charge in [0.25, 0.3) is 0 Å². The summed E-state index contributed by atoms with van der Waals surface area (Å²) in [5.74, 6) is -0.213. The second-order valence-corrected chi connectivity index (χ2v) is 3.52. The van der Waals surface area contributed by atoms with Gasteiger partial charge in [-0.25, -0.2) is 0 Å². The summed E-state index contributed by atoms with van der Waals surface area (Å²) in [6.45, 7) is 1.52. The summed E-state index contributed by atoms with van der Waals surface area (Å²) >= 11 is 5.70. The van der Waals surface area contributed by atoms with Gasteiger partial charge in [0, 0.05) is 17.2 Å². The molecule has 1 atom stereocenters. The minimum Gasteiger partial charge on any atom is -0.476 e. The van der Waals surface area contributed by atoms with Crippen LogP contribution in [0.2, 0.25) is 5.02 Å². The Bertz CT molecular complexity index is 436. The Morgan fingerprint density at radius 2 is 2.31 bits per heavy atom. The van der Waals surface area contributed by atoms with Crippen LogP contribution in [0.25, 0.3) is 0 Å². The Morgan fingerprint density at radius 3 is 2.81 bits per heavy atom. The normalized spacial score (nSPS) is 11.9. The highest BCUT2D eigenvalue weighted by Crippen LogP contribution is 2.30. The maximum absolute atomic E-state index is 10.7. The van der Waals surface area contributed by atoms with E-state index in [1.165, 1.54) is 25.1 Å². The predicted octanol–water partition coefficient (Wildman–Crippen LogP) is 1.95. The molecule has 0 saturated heterocycles. The predicted molar refractivity (Wildman–Crippen MR) is 60.1 cm³/mol. The van der Waals surface area contributed by atoms with Gasteiger partial charge in [-0.05, 0) is 13.0 Å². The van der Waals surface area contributed by atoms with Crippen molar-refractivity contribution in [3.05, 3.63) is 33.3 Å². The smallest absolute Gasteiger partial charge is 0.311 e. The molecule has 0 bridgehead atoms. The fourth-order valence-electron chi connectivity index (χ4n) is 0.987. The molecule has 3 N–H and O–H groups in total. The summed E-state index contributed by atoms with van der Waals surface area (Å²) < 4.78 is 5.17. The number of benzene rings is 1. The van der Waals surface area contributed by atoms with E-state index in [4.69, 9.17) is 27.5 Å². The molecule has 0 aliphatic heterocycles. The van der Waals surface area contributed by atoms with Crippen molar-refractivity contribution < 1.29 is 9.66 Å². The number of halogens is 1. The van der Waals surface area contributed by atoms with Gasteiger partial charge in [0.05, 0.1) is 4.92 Å². The molecule has 0 radical (unpaired) electrons. The average molecular weight is 244 g/mol. The van der Waals surface area contributed by atoms with Crippen molar-refractivity contribution >= 4 is 23.1 Å². The lowest BCUT2D eigenvalue weighted by molar-refractivity contribution is -0.386. The molecule has 0 amide bonds. The third-order valence-corrected chi connectivity index (χ3v) is 2.10. The highest BCUT2D eigenvalue weighted by Gasteiger charge is 2.18. The Morgan fingerprint density at radius 1 is 1.69 bits per heavy atom. The number of hydrogen-bond acceptors (Lipinski definition) is 4. The number of rotatable bonds is 4. The molecule has 0 saturated carbocycles. The summed E-state index contributed by atoms with van der Waals surface area (Å²) in [7, 11) is 0. The van der Waals surface area contributed by atoms with Crippen LogP contribution in [-0.4, -0.2) is 16.9 Å². The first-order chi connectivity index (χ1) is 7.41. The highest BCUT2D eigenvalue weighted by molar-refractivity contribution is 6.30. The molecule has 0 aliphatic carbocycles. The number of nitro groups is 1. The number of hydrogen-bond donors (Lipinski definition) is 2. The van der Waals surface area contributed by atoms with Crippen LogP contribution in [0, 0.1) is 15.5 Å². The molecule has 1 aromatic rings. The first-order valence-corrected chi connectivity index (χ1v) is 4.74. The van der Waals surface area contributed by atoms with Crippen molar-refractivity contribution in [3.8, 4) is 5.75 Å². The van der Waals surface area contributed by atoms with Crippen LogP contribution in [0.3, 0.4) is 0 Å². The van der Waals surface area contributed by atoms with Crippen LogP contribution in [0.1, 0.15) is 6.92 Å². The molecule has 1 rings (SSSR count). The van der Waals surface area contributed by atoms with Gasteiger partial charge in [-0.1, -0.05) is 11.6 Å². The van der Waals surface area contributed by atoms with E-state index in [1.54, 1.807) is 0 Å². The van der Waals surface area contributed by atoms with E-state index in [2.05, 4.69) is 0 Å². The third kappa shape index (κ3) is 2.83. The van der Waals surface area contributed by atoms with Crippen molar-refractivity contribution in [1.29, 1.82) is 5.41 Å². The SMILES string of the molecule is CC(Oc1cc(Cl)ccc1[N+](=O)[O-])C(=N)N. The molecule has 1 aromatic carbocycles. The average Bonchev–Trinajstić information content (AvgIpc) is 2.16. The quantitative estimate of drug-likeness (QED) is 0.365. The van der Waals surface area contributed by atoms with E-state index in [1.807, 2.05) is 0 Å². The second-order valence-electron chi connectivity index (χ2n) is 3.08. The van der Waals surface area contributed by atoms with Crippen molar-refractivity contribution in [3.63, 3.8) is 0 Å².